The molecule has 0 nitrogen and oxygen atoms in total. The minimum atomic E-state index is -2.46. The zero-order valence-electron chi connectivity index (χ0n) is 14.5. The Morgan fingerprint density at radius 3 is 1.58 bits per heavy atom. The van der Waals surface area contributed by atoms with Crippen molar-refractivity contribution in [3.63, 3.8) is 0 Å². The average molecular weight is 475 g/mol. The van der Waals surface area contributed by atoms with Crippen LogP contribution in [0.2, 0.25) is 17.7 Å². The number of benzene rings is 2. The maximum absolute atomic E-state index is 2.73. The zero-order chi connectivity index (χ0) is 16.0. The fraction of sp³-hybridized carbons (Fsp3) is 0.238. The Morgan fingerprint density at radius 2 is 1.17 bits per heavy atom. The van der Waals surface area contributed by atoms with Crippen LogP contribution >= 0.6 is 0 Å². The fourth-order valence-electron chi connectivity index (χ4n) is 4.36. The van der Waals surface area contributed by atoms with Crippen LogP contribution in [-0.2, 0) is 18.9 Å². The van der Waals surface area contributed by atoms with Gasteiger partial charge in [-0.05, 0) is 0 Å². The first-order chi connectivity index (χ1) is 11.1. The molecule has 24 heavy (non-hydrogen) atoms. The van der Waals surface area contributed by atoms with Gasteiger partial charge in [0.15, 0.2) is 0 Å². The number of hydrogen-bond donors (Lipinski definition) is 0. The second-order valence-corrected chi connectivity index (χ2v) is 32.3. The maximum atomic E-state index is 2.73. The Balaban J connectivity index is 0.00000169. The first-order valence-electron chi connectivity index (χ1n) is 8.47. The third-order valence-corrected chi connectivity index (χ3v) is 36.5. The monoisotopic (exact) mass is 472 g/mol. The summed E-state index contributed by atoms with van der Waals surface area (Å²) in [6.45, 7) is 5.15. The molecule has 2 atom stereocenters. The predicted molar refractivity (Wildman–Crippen MR) is 99.8 cm³/mol. The van der Waals surface area contributed by atoms with Crippen molar-refractivity contribution in [2.45, 2.75) is 25.0 Å². The Morgan fingerprint density at radius 1 is 0.750 bits per heavy atom. The summed E-state index contributed by atoms with van der Waals surface area (Å²) in [5.41, 5.74) is 5.81. The average Bonchev–Trinajstić information content (AvgIpc) is 3.18. The minimum Gasteiger partial charge on any atom is -1.00 e. The van der Waals surface area contributed by atoms with Gasteiger partial charge in [-0.25, -0.2) is 0 Å². The summed E-state index contributed by atoms with van der Waals surface area (Å²) < 4.78 is 4.19. The molecule has 0 saturated heterocycles. The molecule has 4 rings (SSSR count). The number of hydrogen-bond acceptors (Lipinski definition) is 0. The summed E-state index contributed by atoms with van der Waals surface area (Å²) in [4.78, 5) is 0. The molecule has 0 aromatic heterocycles. The van der Waals surface area contributed by atoms with Crippen molar-refractivity contribution in [3.8, 4) is 0 Å². The van der Waals surface area contributed by atoms with Crippen LogP contribution in [0.3, 0.4) is 0 Å². The first kappa shape index (κ1) is 18.3. The van der Waals surface area contributed by atoms with Gasteiger partial charge < -0.3 is 17.0 Å². The molecule has 0 spiro atoms. The van der Waals surface area contributed by atoms with Crippen LogP contribution < -0.4 is 17.0 Å². The summed E-state index contributed by atoms with van der Waals surface area (Å²) in [5.74, 6) is 0. The van der Waals surface area contributed by atoms with Gasteiger partial charge >= 0.3 is 144 Å². The molecule has 0 heterocycles. The molecular formula is C21H23BrSiZr. The zero-order valence-corrected chi connectivity index (χ0v) is 19.5. The smallest absolute Gasteiger partial charge is 1.00 e. The second kappa shape index (κ2) is 7.02. The van der Waals surface area contributed by atoms with Crippen LogP contribution in [0.4, 0.5) is 0 Å². The summed E-state index contributed by atoms with van der Waals surface area (Å²) >= 11 is -2.46. The van der Waals surface area contributed by atoms with Crippen LogP contribution in [0.5, 0.6) is 0 Å². The molecule has 0 amide bonds. The standard InChI is InChI=1S/2C9H7.C2H6Si.CH3.BrH.Zr/c2*1-2-5-9-7-3-6-8(9)4-1;1-3-2;;;/h2*1-7H;1-2H3;1H3;1H;/q;;;;;+1/p-1. The van der Waals surface area contributed by atoms with Gasteiger partial charge in [0.2, 0.25) is 0 Å². The molecule has 122 valence electrons. The van der Waals surface area contributed by atoms with E-state index in [-0.39, 0.29) is 22.4 Å². The van der Waals surface area contributed by atoms with Crippen LogP contribution in [-0.4, -0.2) is 5.43 Å². The van der Waals surface area contributed by atoms with E-state index in [1.807, 2.05) is 0 Å². The van der Waals surface area contributed by atoms with E-state index < -0.39 is 18.9 Å². The first-order valence-corrected chi connectivity index (χ1v) is 20.0. The SMILES string of the molecule is C[Si](C)=[Zr+]([CH3])([CH]1C=Cc2ccccc21)[CH]1C=Cc2ccccc21.[Br-]. The molecule has 2 unspecified atom stereocenters. The van der Waals surface area contributed by atoms with Crippen molar-refractivity contribution in [1.29, 1.82) is 0 Å². The molecular weight excluding hydrogens is 451 g/mol. The van der Waals surface area contributed by atoms with Gasteiger partial charge in [0.1, 0.15) is 0 Å². The Hall–Kier alpha value is -0.500. The molecule has 0 aliphatic heterocycles. The second-order valence-electron chi connectivity index (χ2n) is 7.21. The van der Waals surface area contributed by atoms with Crippen LogP contribution in [0, 0.1) is 0 Å². The van der Waals surface area contributed by atoms with E-state index in [9.17, 15) is 0 Å². The van der Waals surface area contributed by atoms with E-state index in [2.05, 4.69) is 90.6 Å². The van der Waals surface area contributed by atoms with Crippen LogP contribution in [0.1, 0.15) is 29.5 Å². The van der Waals surface area contributed by atoms with E-state index in [1.165, 1.54) is 11.1 Å². The molecule has 2 aliphatic rings. The molecule has 0 bridgehead atoms. The Kier molecular flexibility index (Phi) is 5.35. The number of fused-ring (bicyclic) bond motifs is 2. The molecule has 0 radical (unpaired) electrons. The van der Waals surface area contributed by atoms with Gasteiger partial charge in [0, 0.05) is 0 Å². The molecule has 0 N–H and O–H groups in total. The predicted octanol–water partition coefficient (Wildman–Crippen LogP) is 2.98. The van der Waals surface area contributed by atoms with Crippen LogP contribution in [0.15, 0.2) is 60.7 Å². The normalized spacial score (nSPS) is 21.1. The minimum absolute atomic E-state index is 0. The Labute approximate surface area is 160 Å². The Bertz CT molecular complexity index is 825. The summed E-state index contributed by atoms with van der Waals surface area (Å²) in [6, 6.07) is 18.1. The van der Waals surface area contributed by atoms with Crippen molar-refractivity contribution >= 4 is 17.6 Å². The van der Waals surface area contributed by atoms with Crippen molar-refractivity contribution in [1.82, 2.24) is 0 Å². The summed E-state index contributed by atoms with van der Waals surface area (Å²) in [7, 11) is 0. The largest absolute Gasteiger partial charge is 1.00 e. The van der Waals surface area contributed by atoms with Crippen molar-refractivity contribution < 1.29 is 35.9 Å². The van der Waals surface area contributed by atoms with Crippen molar-refractivity contribution in [2.24, 2.45) is 0 Å². The van der Waals surface area contributed by atoms with Gasteiger partial charge in [-0.15, -0.1) is 0 Å². The molecule has 2 aromatic carbocycles. The number of rotatable bonds is 2. The van der Waals surface area contributed by atoms with Gasteiger partial charge in [-0.3, -0.25) is 0 Å². The fourth-order valence-corrected chi connectivity index (χ4v) is 25.6. The number of allylic oxidation sites excluding steroid dienone is 2. The molecule has 3 heteroatoms. The van der Waals surface area contributed by atoms with E-state index in [4.69, 9.17) is 0 Å². The van der Waals surface area contributed by atoms with Crippen molar-refractivity contribution in [3.05, 3.63) is 82.9 Å². The van der Waals surface area contributed by atoms with E-state index in [0.717, 1.165) is 7.25 Å². The summed E-state index contributed by atoms with van der Waals surface area (Å²) in [6.07, 6.45) is 9.86. The van der Waals surface area contributed by atoms with E-state index >= 15 is 0 Å². The third-order valence-electron chi connectivity index (χ3n) is 5.97. The molecule has 2 aromatic rings. The quantitative estimate of drug-likeness (QED) is 0.588. The maximum Gasteiger partial charge on any atom is -1.00 e. The molecule has 2 aliphatic carbocycles. The van der Waals surface area contributed by atoms with Gasteiger partial charge in [0.05, 0.1) is 0 Å². The third kappa shape index (κ3) is 2.73. The van der Waals surface area contributed by atoms with E-state index in [1.54, 1.807) is 11.1 Å². The van der Waals surface area contributed by atoms with Crippen molar-refractivity contribution in [2.75, 3.05) is 0 Å². The molecule has 0 saturated carbocycles. The summed E-state index contributed by atoms with van der Waals surface area (Å²) in [5, 5.41) is 0. The molecule has 0 fully saturated rings. The van der Waals surface area contributed by atoms with Gasteiger partial charge in [-0.1, -0.05) is 0 Å². The topological polar surface area (TPSA) is 0 Å². The van der Waals surface area contributed by atoms with Gasteiger partial charge in [0.25, 0.3) is 0 Å². The van der Waals surface area contributed by atoms with E-state index in [0.29, 0.717) is 0 Å². The number of halogens is 1. The van der Waals surface area contributed by atoms with Gasteiger partial charge in [-0.2, -0.15) is 0 Å². The van der Waals surface area contributed by atoms with Crippen LogP contribution in [0.25, 0.3) is 12.2 Å².